The van der Waals surface area contributed by atoms with Gasteiger partial charge >= 0.3 is 0 Å². The maximum Gasteiger partial charge on any atom is 0.256 e. The number of nitrogens with zero attached hydrogens (tertiary/aromatic N) is 1. The Kier molecular flexibility index (Phi) is 4.58. The van der Waals surface area contributed by atoms with Gasteiger partial charge in [0.05, 0.1) is 0 Å². The molecule has 1 aromatic carbocycles. The van der Waals surface area contributed by atoms with Crippen LogP contribution in [0.3, 0.4) is 0 Å². The number of aromatic nitrogens is 1. The fraction of sp³-hybridized carbons (Fsp3) is 0.312. The van der Waals surface area contributed by atoms with E-state index in [1.807, 2.05) is 30.3 Å². The number of aromatic hydroxyl groups is 1. The van der Waals surface area contributed by atoms with Crippen LogP contribution >= 0.6 is 0 Å². The minimum absolute atomic E-state index is 0.00411. The van der Waals surface area contributed by atoms with Crippen molar-refractivity contribution in [1.29, 1.82) is 0 Å². The molecule has 0 saturated heterocycles. The molecule has 1 N–H and O–H groups in total. The molecule has 0 unspecified atom stereocenters. The Morgan fingerprint density at radius 2 is 1.95 bits per heavy atom. The predicted octanol–water partition coefficient (Wildman–Crippen LogP) is 2.57. The first-order chi connectivity index (χ1) is 9.65. The van der Waals surface area contributed by atoms with Crippen molar-refractivity contribution < 1.29 is 9.84 Å². The van der Waals surface area contributed by atoms with E-state index < -0.39 is 0 Å². The van der Waals surface area contributed by atoms with E-state index in [0.717, 1.165) is 11.1 Å². The minimum atomic E-state index is -0.153. The van der Waals surface area contributed by atoms with E-state index >= 15 is 0 Å². The molecular weight excluding hydrogens is 254 g/mol. The molecule has 0 fully saturated rings. The molecule has 0 atom stereocenters. The molecule has 2 rings (SSSR count). The standard InChI is InChI=1S/C16H19NO3/c1-12-14(13-7-4-3-5-8-13)11-15(18)17(16(12)19)9-6-10-20-2/h3-5,7-8,11,18H,6,9-10H2,1-2H3. The quantitative estimate of drug-likeness (QED) is 0.852. The second-order valence-electron chi connectivity index (χ2n) is 4.71. The van der Waals surface area contributed by atoms with E-state index in [2.05, 4.69) is 0 Å². The summed E-state index contributed by atoms with van der Waals surface area (Å²) in [5.41, 5.74) is 2.20. The fourth-order valence-electron chi connectivity index (χ4n) is 2.24. The fourth-order valence-corrected chi connectivity index (χ4v) is 2.24. The summed E-state index contributed by atoms with van der Waals surface area (Å²) in [4.78, 5) is 12.3. The number of pyridine rings is 1. The van der Waals surface area contributed by atoms with Gasteiger partial charge in [-0.1, -0.05) is 30.3 Å². The second-order valence-corrected chi connectivity index (χ2v) is 4.71. The van der Waals surface area contributed by atoms with Crippen LogP contribution in [0, 0.1) is 6.92 Å². The van der Waals surface area contributed by atoms with Crippen molar-refractivity contribution in [2.45, 2.75) is 19.9 Å². The summed E-state index contributed by atoms with van der Waals surface area (Å²) >= 11 is 0. The lowest BCUT2D eigenvalue weighted by atomic mass is 10.0. The van der Waals surface area contributed by atoms with Crippen molar-refractivity contribution in [2.24, 2.45) is 0 Å². The van der Waals surface area contributed by atoms with Crippen molar-refractivity contribution in [3.63, 3.8) is 0 Å². The van der Waals surface area contributed by atoms with Gasteiger partial charge in [0.25, 0.3) is 5.56 Å². The Balaban J connectivity index is 2.42. The van der Waals surface area contributed by atoms with Crippen LogP contribution in [-0.4, -0.2) is 23.4 Å². The van der Waals surface area contributed by atoms with Gasteiger partial charge in [-0.25, -0.2) is 0 Å². The number of methoxy groups -OCH3 is 1. The lowest BCUT2D eigenvalue weighted by Gasteiger charge is -2.13. The van der Waals surface area contributed by atoms with Crippen molar-refractivity contribution in [3.05, 3.63) is 52.3 Å². The molecule has 4 nitrogen and oxygen atoms in total. The molecule has 0 amide bonds. The number of benzene rings is 1. The van der Waals surface area contributed by atoms with Crippen LogP contribution in [0.15, 0.2) is 41.2 Å². The summed E-state index contributed by atoms with van der Waals surface area (Å²) in [6, 6.07) is 11.3. The zero-order valence-electron chi connectivity index (χ0n) is 11.8. The van der Waals surface area contributed by atoms with E-state index in [4.69, 9.17) is 4.74 Å². The van der Waals surface area contributed by atoms with E-state index in [9.17, 15) is 9.90 Å². The van der Waals surface area contributed by atoms with Gasteiger partial charge in [-0.05, 0) is 24.5 Å². The third-order valence-corrected chi connectivity index (χ3v) is 3.33. The molecule has 1 heterocycles. The van der Waals surface area contributed by atoms with Gasteiger partial charge in [-0.15, -0.1) is 0 Å². The molecular formula is C16H19NO3. The zero-order valence-corrected chi connectivity index (χ0v) is 11.8. The lowest BCUT2D eigenvalue weighted by Crippen LogP contribution is -2.23. The first-order valence-corrected chi connectivity index (χ1v) is 6.63. The highest BCUT2D eigenvalue weighted by atomic mass is 16.5. The van der Waals surface area contributed by atoms with Crippen LogP contribution < -0.4 is 5.56 Å². The monoisotopic (exact) mass is 273 g/mol. The maximum atomic E-state index is 12.3. The molecule has 2 aromatic rings. The average molecular weight is 273 g/mol. The molecule has 4 heteroatoms. The highest BCUT2D eigenvalue weighted by Crippen LogP contribution is 2.24. The van der Waals surface area contributed by atoms with E-state index in [0.29, 0.717) is 25.1 Å². The van der Waals surface area contributed by atoms with Crippen molar-refractivity contribution in [2.75, 3.05) is 13.7 Å². The van der Waals surface area contributed by atoms with Crippen LogP contribution in [0.4, 0.5) is 0 Å². The van der Waals surface area contributed by atoms with E-state index in [1.54, 1.807) is 20.1 Å². The first-order valence-electron chi connectivity index (χ1n) is 6.63. The minimum Gasteiger partial charge on any atom is -0.494 e. The molecule has 0 radical (unpaired) electrons. The average Bonchev–Trinajstić information content (AvgIpc) is 2.47. The Bertz CT molecular complexity index is 632. The highest BCUT2D eigenvalue weighted by molar-refractivity contribution is 5.67. The Morgan fingerprint density at radius 3 is 2.60 bits per heavy atom. The molecule has 0 aliphatic heterocycles. The summed E-state index contributed by atoms with van der Waals surface area (Å²) in [5.74, 6) is -0.00411. The van der Waals surface area contributed by atoms with E-state index in [1.165, 1.54) is 4.57 Å². The lowest BCUT2D eigenvalue weighted by molar-refractivity contribution is 0.188. The highest BCUT2D eigenvalue weighted by Gasteiger charge is 2.12. The van der Waals surface area contributed by atoms with Gasteiger partial charge in [0.15, 0.2) is 5.88 Å². The Hall–Kier alpha value is -2.07. The summed E-state index contributed by atoms with van der Waals surface area (Å²) in [6.45, 7) is 2.80. The number of rotatable bonds is 5. The third kappa shape index (κ3) is 2.91. The smallest absolute Gasteiger partial charge is 0.256 e. The van der Waals surface area contributed by atoms with Gasteiger partial charge in [0.1, 0.15) is 0 Å². The van der Waals surface area contributed by atoms with Crippen LogP contribution in [-0.2, 0) is 11.3 Å². The number of ether oxygens (including phenoxy) is 1. The van der Waals surface area contributed by atoms with Crippen molar-refractivity contribution in [1.82, 2.24) is 4.57 Å². The van der Waals surface area contributed by atoms with Crippen molar-refractivity contribution >= 4 is 0 Å². The molecule has 0 aliphatic carbocycles. The molecule has 106 valence electrons. The van der Waals surface area contributed by atoms with Crippen molar-refractivity contribution in [3.8, 4) is 17.0 Å². The Morgan fingerprint density at radius 1 is 1.25 bits per heavy atom. The van der Waals surface area contributed by atoms with Crippen LogP contribution in [0.1, 0.15) is 12.0 Å². The molecule has 0 aliphatic rings. The van der Waals surface area contributed by atoms with Crippen LogP contribution in [0.25, 0.3) is 11.1 Å². The summed E-state index contributed by atoms with van der Waals surface area (Å²) in [7, 11) is 1.62. The molecule has 20 heavy (non-hydrogen) atoms. The van der Waals surface area contributed by atoms with Crippen LogP contribution in [0.5, 0.6) is 5.88 Å². The van der Waals surface area contributed by atoms with Gasteiger partial charge in [-0.3, -0.25) is 9.36 Å². The molecule has 0 spiro atoms. The number of hydrogen-bond donors (Lipinski definition) is 1. The topological polar surface area (TPSA) is 51.5 Å². The van der Waals surface area contributed by atoms with Gasteiger partial charge < -0.3 is 9.84 Å². The normalized spacial score (nSPS) is 10.7. The second kappa shape index (κ2) is 6.39. The summed E-state index contributed by atoms with van der Waals surface area (Å²) in [6.07, 6.45) is 0.689. The zero-order chi connectivity index (χ0) is 14.5. The van der Waals surface area contributed by atoms with E-state index in [-0.39, 0.29) is 11.4 Å². The third-order valence-electron chi connectivity index (χ3n) is 3.33. The molecule has 0 saturated carbocycles. The number of hydrogen-bond acceptors (Lipinski definition) is 3. The van der Waals surface area contributed by atoms with Gasteiger partial charge in [-0.2, -0.15) is 0 Å². The summed E-state index contributed by atoms with van der Waals surface area (Å²) < 4.78 is 6.36. The largest absolute Gasteiger partial charge is 0.494 e. The first kappa shape index (κ1) is 14.3. The molecule has 1 aromatic heterocycles. The van der Waals surface area contributed by atoms with Gasteiger partial charge in [0, 0.05) is 31.9 Å². The summed E-state index contributed by atoms with van der Waals surface area (Å²) in [5, 5.41) is 10.1. The molecule has 0 bridgehead atoms. The van der Waals surface area contributed by atoms with Gasteiger partial charge in [0.2, 0.25) is 0 Å². The Labute approximate surface area is 118 Å². The van der Waals surface area contributed by atoms with Crippen LogP contribution in [0.2, 0.25) is 0 Å². The maximum absolute atomic E-state index is 12.3. The predicted molar refractivity (Wildman–Crippen MR) is 79.0 cm³/mol. The SMILES string of the molecule is COCCCn1c(O)cc(-c2ccccc2)c(C)c1=O.